The first-order valence-corrected chi connectivity index (χ1v) is 8.09. The highest BCUT2D eigenvalue weighted by Crippen LogP contribution is 2.37. The molecule has 126 valence electrons. The first-order chi connectivity index (χ1) is 12.1. The predicted molar refractivity (Wildman–Crippen MR) is 95.6 cm³/mol. The smallest absolute Gasteiger partial charge is 0.310 e. The van der Waals surface area contributed by atoms with E-state index in [-0.39, 0.29) is 23.9 Å². The molecule has 1 aliphatic rings. The molecule has 1 heterocycles. The van der Waals surface area contributed by atoms with Gasteiger partial charge in [-0.2, -0.15) is 0 Å². The predicted octanol–water partition coefficient (Wildman–Crippen LogP) is 4.48. The van der Waals surface area contributed by atoms with Gasteiger partial charge in [0.25, 0.3) is 0 Å². The van der Waals surface area contributed by atoms with Gasteiger partial charge in [-0.05, 0) is 30.2 Å². The van der Waals surface area contributed by atoms with Crippen molar-refractivity contribution in [2.24, 2.45) is 0 Å². The van der Waals surface area contributed by atoms with Gasteiger partial charge in [-0.3, -0.25) is 9.59 Å². The lowest BCUT2D eigenvalue weighted by Gasteiger charge is -2.06. The van der Waals surface area contributed by atoms with Crippen LogP contribution in [0.4, 0.5) is 0 Å². The molecule has 0 unspecified atom stereocenters. The zero-order valence-corrected chi connectivity index (χ0v) is 14.1. The van der Waals surface area contributed by atoms with Gasteiger partial charge < -0.3 is 9.47 Å². The average molecular weight is 334 g/mol. The molecule has 0 saturated heterocycles. The number of ketones is 1. The zero-order chi connectivity index (χ0) is 17.8. The molecule has 0 spiro atoms. The minimum absolute atomic E-state index is 0.168. The van der Waals surface area contributed by atoms with Gasteiger partial charge in [-0.1, -0.05) is 49.4 Å². The molecular formula is C21H18O4. The summed E-state index contributed by atoms with van der Waals surface area (Å²) in [7, 11) is 0. The quantitative estimate of drug-likeness (QED) is 0.470. The molecule has 0 radical (unpaired) electrons. The Kier molecular flexibility index (Phi) is 4.80. The number of aryl methyl sites for hydroxylation is 1. The second kappa shape index (κ2) is 7.18. The van der Waals surface area contributed by atoms with Crippen LogP contribution in [0.3, 0.4) is 0 Å². The summed E-state index contributed by atoms with van der Waals surface area (Å²) in [6.45, 7) is 3.52. The van der Waals surface area contributed by atoms with Crippen molar-refractivity contribution in [2.75, 3.05) is 0 Å². The molecule has 0 amide bonds. The number of ether oxygens (including phenoxy) is 2. The van der Waals surface area contributed by atoms with Gasteiger partial charge in [-0.25, -0.2) is 0 Å². The van der Waals surface area contributed by atoms with E-state index < -0.39 is 0 Å². The molecule has 0 aliphatic carbocycles. The molecule has 0 aromatic heterocycles. The molecule has 0 atom stereocenters. The van der Waals surface area contributed by atoms with Gasteiger partial charge >= 0.3 is 5.97 Å². The minimum Gasteiger partial charge on any atom is -0.452 e. The molecule has 0 fully saturated rings. The largest absolute Gasteiger partial charge is 0.452 e. The second-order valence-corrected chi connectivity index (χ2v) is 5.67. The van der Waals surface area contributed by atoms with E-state index >= 15 is 0 Å². The van der Waals surface area contributed by atoms with E-state index in [1.54, 1.807) is 38.1 Å². The summed E-state index contributed by atoms with van der Waals surface area (Å²) >= 11 is 0. The number of hydrogen-bond acceptors (Lipinski definition) is 4. The molecule has 4 heteroatoms. The van der Waals surface area contributed by atoms with Crippen LogP contribution in [0, 0.1) is 6.92 Å². The minimum atomic E-state index is -0.328. The lowest BCUT2D eigenvalue weighted by Crippen LogP contribution is -2.06. The molecule has 0 saturated carbocycles. The van der Waals surface area contributed by atoms with Crippen LogP contribution >= 0.6 is 0 Å². The summed E-state index contributed by atoms with van der Waals surface area (Å²) in [6, 6.07) is 13.0. The Morgan fingerprint density at radius 1 is 1.20 bits per heavy atom. The van der Waals surface area contributed by atoms with Gasteiger partial charge in [0.05, 0.1) is 5.56 Å². The average Bonchev–Trinajstić information content (AvgIpc) is 2.92. The second-order valence-electron chi connectivity index (χ2n) is 5.67. The zero-order valence-electron chi connectivity index (χ0n) is 14.1. The molecule has 2 aromatic carbocycles. The summed E-state index contributed by atoms with van der Waals surface area (Å²) in [5.74, 6) is 0.563. The van der Waals surface area contributed by atoms with Gasteiger partial charge in [0.15, 0.2) is 5.76 Å². The van der Waals surface area contributed by atoms with Crippen molar-refractivity contribution in [1.82, 2.24) is 0 Å². The highest BCUT2D eigenvalue weighted by Gasteiger charge is 2.29. The Bertz CT molecular complexity index is 876. The van der Waals surface area contributed by atoms with Crippen molar-refractivity contribution < 1.29 is 19.1 Å². The Morgan fingerprint density at radius 2 is 1.96 bits per heavy atom. The van der Waals surface area contributed by atoms with Crippen molar-refractivity contribution in [3.63, 3.8) is 0 Å². The number of rotatable bonds is 4. The number of carbonyl (C=O) groups is 2. The molecule has 1 aliphatic heterocycles. The van der Waals surface area contributed by atoms with Crippen LogP contribution in [0.5, 0.6) is 11.5 Å². The van der Waals surface area contributed by atoms with Crippen LogP contribution in [-0.4, -0.2) is 11.8 Å². The SMILES string of the molecule is CCC(=O)Oc1cc(C)c2c(c1)O/C(=C\C=C\c1ccccc1)C2=O. The Morgan fingerprint density at radius 3 is 2.68 bits per heavy atom. The van der Waals surface area contributed by atoms with Crippen LogP contribution in [0.2, 0.25) is 0 Å². The van der Waals surface area contributed by atoms with Crippen molar-refractivity contribution in [3.8, 4) is 11.5 Å². The Labute approximate surface area is 146 Å². The Balaban J connectivity index is 1.83. The van der Waals surface area contributed by atoms with E-state index in [1.807, 2.05) is 36.4 Å². The van der Waals surface area contributed by atoms with Gasteiger partial charge in [-0.15, -0.1) is 0 Å². The highest BCUT2D eigenvalue weighted by atomic mass is 16.5. The third-order valence-corrected chi connectivity index (χ3v) is 3.80. The standard InChI is InChI=1S/C21H18O4/c1-3-19(22)24-16-12-14(2)20-18(13-16)25-17(21(20)23)11-7-10-15-8-5-4-6-9-15/h4-13H,3H2,1-2H3/b10-7+,17-11-. The topological polar surface area (TPSA) is 52.6 Å². The normalized spacial score (nSPS) is 14.6. The van der Waals surface area contributed by atoms with Crippen molar-refractivity contribution in [2.45, 2.75) is 20.3 Å². The maximum atomic E-state index is 12.5. The van der Waals surface area contributed by atoms with Crippen molar-refractivity contribution >= 4 is 17.8 Å². The lowest BCUT2D eigenvalue weighted by molar-refractivity contribution is -0.134. The number of allylic oxidation sites excluding steroid dienone is 3. The maximum Gasteiger partial charge on any atom is 0.310 e. The third kappa shape index (κ3) is 3.69. The number of fused-ring (bicyclic) bond motifs is 1. The number of benzene rings is 2. The lowest BCUT2D eigenvalue weighted by atomic mass is 10.0. The van der Waals surface area contributed by atoms with Crippen molar-refractivity contribution in [1.29, 1.82) is 0 Å². The summed E-state index contributed by atoms with van der Waals surface area (Å²) < 4.78 is 10.9. The summed E-state index contributed by atoms with van der Waals surface area (Å²) in [6.07, 6.45) is 5.60. The first-order valence-electron chi connectivity index (χ1n) is 8.09. The fourth-order valence-corrected chi connectivity index (χ4v) is 2.57. The monoisotopic (exact) mass is 334 g/mol. The molecule has 0 bridgehead atoms. The van der Waals surface area contributed by atoms with E-state index in [1.165, 1.54) is 0 Å². The molecule has 3 rings (SSSR count). The molecular weight excluding hydrogens is 316 g/mol. The molecule has 0 N–H and O–H groups in total. The van der Waals surface area contributed by atoms with E-state index in [2.05, 4.69) is 0 Å². The summed E-state index contributed by atoms with van der Waals surface area (Å²) in [5.41, 5.74) is 2.26. The van der Waals surface area contributed by atoms with Crippen LogP contribution < -0.4 is 9.47 Å². The summed E-state index contributed by atoms with van der Waals surface area (Å²) in [4.78, 5) is 24.0. The van der Waals surface area contributed by atoms with E-state index in [0.717, 1.165) is 11.1 Å². The Hall–Kier alpha value is -3.14. The van der Waals surface area contributed by atoms with Crippen molar-refractivity contribution in [3.05, 3.63) is 77.1 Å². The summed E-state index contributed by atoms with van der Waals surface area (Å²) in [5, 5.41) is 0. The number of Topliss-reactive ketones (excluding diaryl/α,β-unsaturated/α-hetero) is 1. The van der Waals surface area contributed by atoms with Crippen LogP contribution in [0.25, 0.3) is 6.08 Å². The van der Waals surface area contributed by atoms with Gasteiger partial charge in [0, 0.05) is 12.5 Å². The molecule has 4 nitrogen and oxygen atoms in total. The van der Waals surface area contributed by atoms with Crippen LogP contribution in [0.15, 0.2) is 60.4 Å². The highest BCUT2D eigenvalue weighted by molar-refractivity contribution is 6.13. The number of carbonyl (C=O) groups excluding carboxylic acids is 2. The number of hydrogen-bond donors (Lipinski definition) is 0. The third-order valence-electron chi connectivity index (χ3n) is 3.80. The molecule has 25 heavy (non-hydrogen) atoms. The van der Waals surface area contributed by atoms with E-state index in [4.69, 9.17) is 9.47 Å². The fraction of sp³-hybridized carbons (Fsp3) is 0.143. The maximum absolute atomic E-state index is 12.5. The van der Waals surface area contributed by atoms with Gasteiger partial charge in [0.1, 0.15) is 11.5 Å². The van der Waals surface area contributed by atoms with E-state index in [9.17, 15) is 9.59 Å². The van der Waals surface area contributed by atoms with Crippen LogP contribution in [-0.2, 0) is 4.79 Å². The first kappa shape index (κ1) is 16.7. The van der Waals surface area contributed by atoms with Gasteiger partial charge in [0.2, 0.25) is 5.78 Å². The molecule has 2 aromatic rings. The van der Waals surface area contributed by atoms with Crippen LogP contribution in [0.1, 0.15) is 34.8 Å². The van der Waals surface area contributed by atoms with E-state index in [0.29, 0.717) is 17.1 Å². The number of esters is 1. The fourth-order valence-electron chi connectivity index (χ4n) is 2.57.